The SMILES string of the molecule is C[C@@]12OC3(CCCC3)O[C@@H]1[C@@H](CI)COc1nc(=O)ccn1[C@@H]2O. The van der Waals surface area contributed by atoms with Crippen LogP contribution in [0.3, 0.4) is 0 Å². The molecular weight excluding hydrogens is 427 g/mol. The number of hydrogen-bond donors (Lipinski definition) is 1. The molecule has 0 radical (unpaired) electrons. The molecule has 24 heavy (non-hydrogen) atoms. The van der Waals surface area contributed by atoms with Crippen LogP contribution in [0.15, 0.2) is 17.1 Å². The van der Waals surface area contributed by atoms with Crippen molar-refractivity contribution in [2.24, 2.45) is 5.92 Å². The molecule has 0 aromatic carbocycles. The van der Waals surface area contributed by atoms with Crippen LogP contribution in [0.4, 0.5) is 0 Å². The van der Waals surface area contributed by atoms with Crippen LogP contribution in [0, 0.1) is 5.92 Å². The number of ether oxygens (including phenoxy) is 3. The number of fused-ring (bicyclic) bond motifs is 2. The standard InChI is InChI=1S/C16H21IN2O5/c1-15-12(23-16(24-15)5-2-3-6-16)10(8-17)9-22-14-18-11(20)4-7-19(14)13(15)21/h4,7,10,12-13,21H,2-3,5-6,8-9H2,1H3/t10-,12+,13+,15+/m0/s1. The summed E-state index contributed by atoms with van der Waals surface area (Å²) in [5, 5.41) is 11.1. The summed E-state index contributed by atoms with van der Waals surface area (Å²) < 4.78 is 20.8. The van der Waals surface area contributed by atoms with Gasteiger partial charge in [-0.1, -0.05) is 22.6 Å². The summed E-state index contributed by atoms with van der Waals surface area (Å²) in [6, 6.07) is 1.44. The first-order chi connectivity index (χ1) is 11.5. The van der Waals surface area contributed by atoms with E-state index in [1.54, 1.807) is 0 Å². The first-order valence-corrected chi connectivity index (χ1v) is 9.84. The zero-order chi connectivity index (χ0) is 16.9. The lowest BCUT2D eigenvalue weighted by molar-refractivity contribution is -0.208. The molecule has 1 aromatic rings. The van der Waals surface area contributed by atoms with Crippen LogP contribution in [0.5, 0.6) is 6.01 Å². The third kappa shape index (κ3) is 2.49. The summed E-state index contributed by atoms with van der Waals surface area (Å²) >= 11 is 2.30. The summed E-state index contributed by atoms with van der Waals surface area (Å²) in [6.07, 6.45) is 3.99. The fourth-order valence-corrected chi connectivity index (χ4v) is 4.81. The zero-order valence-electron chi connectivity index (χ0n) is 13.5. The minimum Gasteiger partial charge on any atom is -0.464 e. The molecule has 0 amide bonds. The highest BCUT2D eigenvalue weighted by Crippen LogP contribution is 2.52. The molecule has 0 bridgehead atoms. The Bertz CT molecular complexity index is 689. The topological polar surface area (TPSA) is 82.8 Å². The number of rotatable bonds is 1. The maximum Gasteiger partial charge on any atom is 0.301 e. The molecule has 4 rings (SSSR count). The Kier molecular flexibility index (Phi) is 4.13. The minimum absolute atomic E-state index is 0.0380. The molecule has 2 fully saturated rings. The quantitative estimate of drug-likeness (QED) is 0.520. The summed E-state index contributed by atoms with van der Waals surface area (Å²) in [5.41, 5.74) is -1.31. The second-order valence-electron chi connectivity index (χ2n) is 7.00. The van der Waals surface area contributed by atoms with Crippen LogP contribution < -0.4 is 10.3 Å². The van der Waals surface area contributed by atoms with Gasteiger partial charge >= 0.3 is 6.01 Å². The van der Waals surface area contributed by atoms with Crippen molar-refractivity contribution in [1.29, 1.82) is 0 Å². The summed E-state index contributed by atoms with van der Waals surface area (Å²) in [7, 11) is 0. The minimum atomic E-state index is -1.05. The largest absolute Gasteiger partial charge is 0.464 e. The number of aliphatic hydroxyl groups excluding tert-OH is 1. The normalized spacial score (nSPS) is 37.4. The Morgan fingerprint density at radius 2 is 2.21 bits per heavy atom. The van der Waals surface area contributed by atoms with Crippen molar-refractivity contribution in [2.75, 3.05) is 11.0 Å². The lowest BCUT2D eigenvalue weighted by Gasteiger charge is -2.39. The van der Waals surface area contributed by atoms with Crippen molar-refractivity contribution in [3.05, 3.63) is 22.6 Å². The Hall–Kier alpha value is -0.710. The summed E-state index contributed by atoms with van der Waals surface area (Å²) in [4.78, 5) is 15.5. The van der Waals surface area contributed by atoms with E-state index in [4.69, 9.17) is 14.2 Å². The number of hydrogen-bond acceptors (Lipinski definition) is 6. The van der Waals surface area contributed by atoms with Gasteiger partial charge in [0.25, 0.3) is 5.56 Å². The maximum absolute atomic E-state index is 11.6. The van der Waals surface area contributed by atoms with Crippen LogP contribution in [-0.2, 0) is 9.47 Å². The van der Waals surface area contributed by atoms with Crippen LogP contribution in [0.1, 0.15) is 38.8 Å². The molecule has 1 saturated carbocycles. The Balaban J connectivity index is 1.80. The second-order valence-corrected chi connectivity index (χ2v) is 7.88. The summed E-state index contributed by atoms with van der Waals surface area (Å²) in [5.74, 6) is -0.572. The van der Waals surface area contributed by atoms with Gasteiger partial charge in [-0.3, -0.25) is 9.36 Å². The first kappa shape index (κ1) is 16.7. The molecule has 0 unspecified atom stereocenters. The van der Waals surface area contributed by atoms with Crippen molar-refractivity contribution in [3.63, 3.8) is 0 Å². The fraction of sp³-hybridized carbons (Fsp3) is 0.750. The average Bonchev–Trinajstić information content (AvgIpc) is 3.12. The van der Waals surface area contributed by atoms with Gasteiger partial charge in [0, 0.05) is 35.5 Å². The highest BCUT2D eigenvalue weighted by molar-refractivity contribution is 14.1. The van der Waals surface area contributed by atoms with Crippen molar-refractivity contribution in [3.8, 4) is 6.01 Å². The van der Waals surface area contributed by atoms with Crippen molar-refractivity contribution < 1.29 is 19.3 Å². The van der Waals surface area contributed by atoms with Crippen LogP contribution >= 0.6 is 22.6 Å². The van der Waals surface area contributed by atoms with E-state index in [9.17, 15) is 9.90 Å². The van der Waals surface area contributed by atoms with Gasteiger partial charge in [0.2, 0.25) is 0 Å². The van der Waals surface area contributed by atoms with E-state index in [-0.39, 0.29) is 18.0 Å². The number of nitrogens with zero attached hydrogens (tertiary/aromatic N) is 2. The van der Waals surface area contributed by atoms with Gasteiger partial charge in [-0.05, 0) is 19.8 Å². The highest BCUT2D eigenvalue weighted by Gasteiger charge is 2.61. The molecule has 1 saturated heterocycles. The monoisotopic (exact) mass is 448 g/mol. The van der Waals surface area contributed by atoms with Gasteiger partial charge in [0.05, 0.1) is 6.61 Å². The van der Waals surface area contributed by atoms with Gasteiger partial charge in [-0.15, -0.1) is 0 Å². The molecule has 1 N–H and O–H groups in total. The molecule has 3 heterocycles. The number of aromatic nitrogens is 2. The average molecular weight is 448 g/mol. The Morgan fingerprint density at radius 1 is 1.46 bits per heavy atom. The van der Waals surface area contributed by atoms with Gasteiger partial charge in [0.15, 0.2) is 12.0 Å². The van der Waals surface area contributed by atoms with E-state index in [0.29, 0.717) is 6.61 Å². The number of aliphatic hydroxyl groups is 1. The van der Waals surface area contributed by atoms with E-state index in [1.165, 1.54) is 16.8 Å². The van der Waals surface area contributed by atoms with Crippen molar-refractivity contribution >= 4 is 22.6 Å². The molecule has 1 spiro atoms. The van der Waals surface area contributed by atoms with Crippen LogP contribution in [0.25, 0.3) is 0 Å². The first-order valence-electron chi connectivity index (χ1n) is 8.31. The lowest BCUT2D eigenvalue weighted by atomic mass is 9.87. The second kappa shape index (κ2) is 5.93. The number of halogens is 1. The van der Waals surface area contributed by atoms with E-state index >= 15 is 0 Å². The smallest absolute Gasteiger partial charge is 0.301 e. The lowest BCUT2D eigenvalue weighted by Crippen LogP contribution is -2.52. The molecule has 1 aliphatic carbocycles. The molecule has 3 aliphatic rings. The van der Waals surface area contributed by atoms with Gasteiger partial charge in [-0.2, -0.15) is 4.98 Å². The maximum atomic E-state index is 11.6. The molecule has 7 nitrogen and oxygen atoms in total. The summed E-state index contributed by atoms with van der Waals surface area (Å²) in [6.45, 7) is 2.26. The Labute approximate surface area is 153 Å². The van der Waals surface area contributed by atoms with E-state index in [1.807, 2.05) is 6.92 Å². The molecule has 132 valence electrons. The molecule has 1 aromatic heterocycles. The third-order valence-electron chi connectivity index (χ3n) is 5.31. The van der Waals surface area contributed by atoms with Crippen molar-refractivity contribution in [1.82, 2.24) is 9.55 Å². The molecular formula is C16H21IN2O5. The molecule has 8 heteroatoms. The highest BCUT2D eigenvalue weighted by atomic mass is 127. The van der Waals surface area contributed by atoms with Crippen LogP contribution in [0.2, 0.25) is 0 Å². The zero-order valence-corrected chi connectivity index (χ0v) is 15.6. The Morgan fingerprint density at radius 3 is 2.92 bits per heavy atom. The predicted octanol–water partition coefficient (Wildman–Crippen LogP) is 1.62. The third-order valence-corrected chi connectivity index (χ3v) is 6.44. The van der Waals surface area contributed by atoms with Gasteiger partial charge < -0.3 is 19.3 Å². The molecule has 4 atom stereocenters. The van der Waals surface area contributed by atoms with Crippen LogP contribution in [-0.4, -0.2) is 43.2 Å². The van der Waals surface area contributed by atoms with E-state index in [2.05, 4.69) is 27.6 Å². The molecule has 2 aliphatic heterocycles. The van der Waals surface area contributed by atoms with Crippen molar-refractivity contribution in [2.45, 2.75) is 56.3 Å². The predicted molar refractivity (Wildman–Crippen MR) is 93.2 cm³/mol. The van der Waals surface area contributed by atoms with E-state index < -0.39 is 23.2 Å². The van der Waals surface area contributed by atoms with Gasteiger partial charge in [-0.25, -0.2) is 0 Å². The van der Waals surface area contributed by atoms with E-state index in [0.717, 1.165) is 30.1 Å². The van der Waals surface area contributed by atoms with Gasteiger partial charge in [0.1, 0.15) is 11.7 Å². The fourth-order valence-electron chi connectivity index (χ4n) is 4.09. The number of alkyl halides is 1.